The monoisotopic (exact) mass is 384 g/mol. The van der Waals surface area contributed by atoms with Crippen LogP contribution >= 0.6 is 35.6 Å². The van der Waals surface area contributed by atoms with Crippen LogP contribution in [-0.4, -0.2) is 37.9 Å². The molecular formula is C14H19Cl3N2O2S. The lowest BCUT2D eigenvalue weighted by Gasteiger charge is -2.27. The molecule has 124 valence electrons. The van der Waals surface area contributed by atoms with Gasteiger partial charge < -0.3 is 5.32 Å². The summed E-state index contributed by atoms with van der Waals surface area (Å²) in [6.07, 6.45) is 2.78. The number of halogens is 3. The molecule has 2 saturated heterocycles. The van der Waals surface area contributed by atoms with Crippen LogP contribution in [0, 0.1) is 0 Å². The Morgan fingerprint density at radius 1 is 1.09 bits per heavy atom. The van der Waals surface area contributed by atoms with E-state index in [1.54, 1.807) is 22.5 Å². The zero-order valence-corrected chi connectivity index (χ0v) is 15.1. The Morgan fingerprint density at radius 2 is 1.73 bits per heavy atom. The number of fused-ring (bicyclic) bond motifs is 2. The number of rotatable bonds is 3. The number of hydrogen-bond acceptors (Lipinski definition) is 3. The summed E-state index contributed by atoms with van der Waals surface area (Å²) in [6, 6.07) is 5.16. The summed E-state index contributed by atoms with van der Waals surface area (Å²) in [4.78, 5) is 0. The lowest BCUT2D eigenvalue weighted by atomic mass is 10.1. The first-order valence-corrected chi connectivity index (χ1v) is 9.49. The Hall–Kier alpha value is -0.0400. The molecule has 0 aliphatic carbocycles. The molecule has 0 spiro atoms. The van der Waals surface area contributed by atoms with Crippen molar-refractivity contribution < 1.29 is 8.42 Å². The van der Waals surface area contributed by atoms with Gasteiger partial charge in [0.2, 0.25) is 10.0 Å². The molecule has 22 heavy (non-hydrogen) atoms. The van der Waals surface area contributed by atoms with Gasteiger partial charge in [0.1, 0.15) is 0 Å². The predicted molar refractivity (Wildman–Crippen MR) is 92.5 cm³/mol. The smallest absolute Gasteiger partial charge is 0.218 e. The van der Waals surface area contributed by atoms with Crippen LogP contribution in [0.2, 0.25) is 10.0 Å². The van der Waals surface area contributed by atoms with Crippen molar-refractivity contribution in [3.63, 3.8) is 0 Å². The maximum atomic E-state index is 12.8. The molecule has 2 heterocycles. The van der Waals surface area contributed by atoms with E-state index in [0.717, 1.165) is 32.4 Å². The highest BCUT2D eigenvalue weighted by atomic mass is 35.5. The molecule has 2 atom stereocenters. The van der Waals surface area contributed by atoms with Crippen LogP contribution in [0.3, 0.4) is 0 Å². The fraction of sp³-hybridized carbons (Fsp3) is 0.571. The molecule has 2 bridgehead atoms. The fourth-order valence-corrected chi connectivity index (χ4v) is 5.98. The van der Waals surface area contributed by atoms with Crippen LogP contribution in [-0.2, 0) is 15.8 Å². The van der Waals surface area contributed by atoms with Gasteiger partial charge in [-0.2, -0.15) is 4.31 Å². The third-order valence-electron chi connectivity index (χ3n) is 4.18. The average molecular weight is 386 g/mol. The second-order valence-corrected chi connectivity index (χ2v) is 8.49. The second kappa shape index (κ2) is 7.24. The summed E-state index contributed by atoms with van der Waals surface area (Å²) in [5.74, 6) is -0.0414. The molecule has 0 aromatic heterocycles. The van der Waals surface area contributed by atoms with E-state index in [1.807, 2.05) is 0 Å². The van der Waals surface area contributed by atoms with Gasteiger partial charge in [-0.05, 0) is 49.6 Å². The van der Waals surface area contributed by atoms with Crippen molar-refractivity contribution in [3.05, 3.63) is 33.8 Å². The van der Waals surface area contributed by atoms with Crippen LogP contribution in [0.15, 0.2) is 18.2 Å². The zero-order chi connectivity index (χ0) is 15.0. The van der Waals surface area contributed by atoms with Gasteiger partial charge >= 0.3 is 0 Å². The Kier molecular flexibility index (Phi) is 6.02. The van der Waals surface area contributed by atoms with Crippen molar-refractivity contribution in [3.8, 4) is 0 Å². The fourth-order valence-electron chi connectivity index (χ4n) is 3.37. The van der Waals surface area contributed by atoms with Gasteiger partial charge in [0.25, 0.3) is 0 Å². The third kappa shape index (κ3) is 3.89. The summed E-state index contributed by atoms with van der Waals surface area (Å²) in [6.45, 7) is 1.63. The first-order chi connectivity index (χ1) is 9.95. The van der Waals surface area contributed by atoms with Gasteiger partial charge in [-0.1, -0.05) is 23.2 Å². The molecule has 1 aromatic rings. The Balaban J connectivity index is 0.00000176. The topological polar surface area (TPSA) is 49.4 Å². The quantitative estimate of drug-likeness (QED) is 0.870. The molecule has 2 aliphatic heterocycles. The van der Waals surface area contributed by atoms with Crippen molar-refractivity contribution in [2.45, 2.75) is 37.1 Å². The minimum Gasteiger partial charge on any atom is -0.315 e. The molecule has 0 amide bonds. The number of benzene rings is 1. The zero-order valence-electron chi connectivity index (χ0n) is 12.0. The molecule has 0 saturated carbocycles. The summed E-state index contributed by atoms with van der Waals surface area (Å²) in [5, 5.41) is 4.25. The Morgan fingerprint density at radius 3 is 2.41 bits per heavy atom. The molecule has 1 aromatic carbocycles. The molecule has 2 aliphatic rings. The van der Waals surface area contributed by atoms with Gasteiger partial charge in [-0.15, -0.1) is 12.4 Å². The van der Waals surface area contributed by atoms with E-state index in [9.17, 15) is 8.42 Å². The molecule has 2 fully saturated rings. The van der Waals surface area contributed by atoms with Crippen molar-refractivity contribution >= 4 is 45.6 Å². The van der Waals surface area contributed by atoms with E-state index in [1.165, 1.54) is 0 Å². The highest BCUT2D eigenvalue weighted by molar-refractivity contribution is 7.88. The highest BCUT2D eigenvalue weighted by Crippen LogP contribution is 2.32. The first kappa shape index (κ1) is 18.3. The summed E-state index contributed by atoms with van der Waals surface area (Å²) < 4.78 is 27.3. The van der Waals surface area contributed by atoms with Crippen molar-refractivity contribution in [1.82, 2.24) is 9.62 Å². The normalized spacial score (nSPS) is 25.5. The van der Waals surface area contributed by atoms with E-state index in [2.05, 4.69) is 5.32 Å². The highest BCUT2D eigenvalue weighted by Gasteiger charge is 2.42. The van der Waals surface area contributed by atoms with Gasteiger partial charge in [-0.25, -0.2) is 8.42 Å². The Bertz CT molecular complexity index is 605. The van der Waals surface area contributed by atoms with Gasteiger partial charge in [-0.3, -0.25) is 0 Å². The Labute approximate surface area is 147 Å². The minimum atomic E-state index is -3.35. The predicted octanol–water partition coefficient (Wildman–Crippen LogP) is 3.07. The van der Waals surface area contributed by atoms with E-state index in [-0.39, 0.29) is 30.2 Å². The van der Waals surface area contributed by atoms with Crippen molar-refractivity contribution in [2.75, 3.05) is 13.1 Å². The molecule has 3 rings (SSSR count). The van der Waals surface area contributed by atoms with Crippen LogP contribution in [0.25, 0.3) is 0 Å². The second-order valence-electron chi connectivity index (χ2n) is 5.74. The maximum absolute atomic E-state index is 12.8. The first-order valence-electron chi connectivity index (χ1n) is 7.12. The van der Waals surface area contributed by atoms with Gasteiger partial charge in [0.15, 0.2) is 0 Å². The van der Waals surface area contributed by atoms with Gasteiger partial charge in [0.05, 0.1) is 5.75 Å². The molecular weight excluding hydrogens is 367 g/mol. The van der Waals surface area contributed by atoms with E-state index < -0.39 is 10.0 Å². The van der Waals surface area contributed by atoms with E-state index in [0.29, 0.717) is 15.6 Å². The molecule has 2 unspecified atom stereocenters. The van der Waals surface area contributed by atoms with Crippen LogP contribution < -0.4 is 5.32 Å². The summed E-state index contributed by atoms with van der Waals surface area (Å²) in [7, 11) is -3.35. The summed E-state index contributed by atoms with van der Waals surface area (Å²) in [5.41, 5.74) is 0.643. The summed E-state index contributed by atoms with van der Waals surface area (Å²) >= 11 is 11.9. The molecule has 0 radical (unpaired) electrons. The van der Waals surface area contributed by atoms with Crippen LogP contribution in [0.5, 0.6) is 0 Å². The third-order valence-corrected chi connectivity index (χ3v) is 6.55. The number of sulfonamides is 1. The van der Waals surface area contributed by atoms with E-state index in [4.69, 9.17) is 23.2 Å². The van der Waals surface area contributed by atoms with Crippen molar-refractivity contribution in [2.24, 2.45) is 0 Å². The maximum Gasteiger partial charge on any atom is 0.218 e. The average Bonchev–Trinajstić information content (AvgIpc) is 2.61. The lowest BCUT2D eigenvalue weighted by molar-refractivity contribution is 0.334. The number of hydrogen-bond donors (Lipinski definition) is 1. The number of nitrogens with one attached hydrogen (secondary N) is 1. The standard InChI is InChI=1S/C14H18Cl2N2O2S.ClH/c15-11-5-10(6-12(16)7-11)9-21(19,20)18-13-1-2-14(18)8-17-4-3-13;/h5-7,13-14,17H,1-4,8-9H2;1H. The van der Waals surface area contributed by atoms with E-state index >= 15 is 0 Å². The largest absolute Gasteiger partial charge is 0.315 e. The number of nitrogens with zero attached hydrogens (tertiary/aromatic N) is 1. The van der Waals surface area contributed by atoms with Crippen molar-refractivity contribution in [1.29, 1.82) is 0 Å². The van der Waals surface area contributed by atoms with Crippen LogP contribution in [0.4, 0.5) is 0 Å². The molecule has 4 nitrogen and oxygen atoms in total. The molecule has 8 heteroatoms. The van der Waals surface area contributed by atoms with Crippen LogP contribution in [0.1, 0.15) is 24.8 Å². The van der Waals surface area contributed by atoms with Gasteiger partial charge in [0, 0.05) is 28.7 Å². The lowest BCUT2D eigenvalue weighted by Crippen LogP contribution is -2.43. The molecule has 1 N–H and O–H groups in total. The SMILES string of the molecule is Cl.O=S(=O)(Cc1cc(Cl)cc(Cl)c1)N1C2CCNCC1CC2. The minimum absolute atomic E-state index is 0.